The maximum absolute atomic E-state index is 8.65. The van der Waals surface area contributed by atoms with Crippen LogP contribution in [-0.2, 0) is 0 Å². The molecule has 0 aliphatic heterocycles. The molecule has 0 unspecified atom stereocenters. The van der Waals surface area contributed by atoms with Crippen molar-refractivity contribution in [2.45, 2.75) is 0 Å². The summed E-state index contributed by atoms with van der Waals surface area (Å²) < 4.78 is 0. The number of rotatable bonds is 2. The molecule has 0 aliphatic rings. The monoisotopic (exact) mass is 263 g/mol. The van der Waals surface area contributed by atoms with Crippen molar-refractivity contribution in [1.82, 2.24) is 4.98 Å². The van der Waals surface area contributed by atoms with Gasteiger partial charge in [-0.1, -0.05) is 23.2 Å². The number of hydrogen-bond donors (Lipinski definition) is 1. The second-order valence-corrected chi connectivity index (χ2v) is 4.14. The van der Waals surface area contributed by atoms with E-state index < -0.39 is 0 Å². The van der Waals surface area contributed by atoms with Gasteiger partial charge in [-0.3, -0.25) is 0 Å². The topological polar surface area (TPSA) is 48.7 Å². The number of hydrogen-bond acceptors (Lipinski definition) is 3. The Morgan fingerprint density at radius 3 is 2.65 bits per heavy atom. The molecule has 0 bridgehead atoms. The Morgan fingerprint density at radius 1 is 1.18 bits per heavy atom. The van der Waals surface area contributed by atoms with E-state index in [0.717, 1.165) is 0 Å². The van der Waals surface area contributed by atoms with Gasteiger partial charge < -0.3 is 5.32 Å². The van der Waals surface area contributed by atoms with Gasteiger partial charge in [0.15, 0.2) is 0 Å². The number of pyridine rings is 1. The molecule has 84 valence electrons. The molecule has 1 aromatic heterocycles. The van der Waals surface area contributed by atoms with Crippen LogP contribution in [0.5, 0.6) is 0 Å². The van der Waals surface area contributed by atoms with E-state index in [9.17, 15) is 0 Å². The number of benzene rings is 1. The lowest BCUT2D eigenvalue weighted by Crippen LogP contribution is -1.94. The van der Waals surface area contributed by atoms with Crippen molar-refractivity contribution in [3.05, 3.63) is 52.1 Å². The van der Waals surface area contributed by atoms with Crippen molar-refractivity contribution in [3.63, 3.8) is 0 Å². The fourth-order valence-corrected chi connectivity index (χ4v) is 1.60. The minimum Gasteiger partial charge on any atom is -0.339 e. The average molecular weight is 264 g/mol. The van der Waals surface area contributed by atoms with E-state index >= 15 is 0 Å². The first-order valence-electron chi connectivity index (χ1n) is 4.77. The molecule has 1 N–H and O–H groups in total. The van der Waals surface area contributed by atoms with Gasteiger partial charge in [0.1, 0.15) is 11.9 Å². The molecule has 17 heavy (non-hydrogen) atoms. The fraction of sp³-hybridized carbons (Fsp3) is 0. The SMILES string of the molecule is N#Cc1ccc(Nc2cc(Cl)ccc2Cl)nc1. The molecule has 0 spiro atoms. The van der Waals surface area contributed by atoms with Gasteiger partial charge in [0.25, 0.3) is 0 Å². The van der Waals surface area contributed by atoms with Crippen LogP contribution in [0, 0.1) is 11.3 Å². The highest BCUT2D eigenvalue weighted by Gasteiger charge is 2.02. The molecular formula is C12H7Cl2N3. The zero-order valence-corrected chi connectivity index (χ0v) is 10.1. The third kappa shape index (κ3) is 2.88. The van der Waals surface area contributed by atoms with Crippen molar-refractivity contribution in [3.8, 4) is 6.07 Å². The van der Waals surface area contributed by atoms with Crippen LogP contribution in [0.3, 0.4) is 0 Å². The Morgan fingerprint density at radius 2 is 2.00 bits per heavy atom. The quantitative estimate of drug-likeness (QED) is 0.891. The van der Waals surface area contributed by atoms with E-state index in [4.69, 9.17) is 28.5 Å². The largest absolute Gasteiger partial charge is 0.339 e. The number of nitrogens with zero attached hydrogens (tertiary/aromatic N) is 2. The van der Waals surface area contributed by atoms with Crippen LogP contribution in [0.15, 0.2) is 36.5 Å². The van der Waals surface area contributed by atoms with Crippen LogP contribution in [0.1, 0.15) is 5.56 Å². The van der Waals surface area contributed by atoms with E-state index in [2.05, 4.69) is 10.3 Å². The summed E-state index contributed by atoms with van der Waals surface area (Å²) in [5.41, 5.74) is 1.18. The second kappa shape index (κ2) is 5.05. The maximum Gasteiger partial charge on any atom is 0.130 e. The van der Waals surface area contributed by atoms with Crippen LogP contribution >= 0.6 is 23.2 Å². The molecule has 2 aromatic rings. The molecule has 0 amide bonds. The van der Waals surface area contributed by atoms with E-state index in [1.165, 1.54) is 6.20 Å². The molecule has 3 nitrogen and oxygen atoms in total. The fourth-order valence-electron chi connectivity index (χ4n) is 1.27. The molecule has 0 saturated carbocycles. The van der Waals surface area contributed by atoms with E-state index in [1.54, 1.807) is 30.3 Å². The van der Waals surface area contributed by atoms with Gasteiger partial charge in [-0.15, -0.1) is 0 Å². The molecule has 0 radical (unpaired) electrons. The predicted molar refractivity (Wildman–Crippen MR) is 68.7 cm³/mol. The molecule has 1 heterocycles. The number of nitriles is 1. The summed E-state index contributed by atoms with van der Waals surface area (Å²) in [6.07, 6.45) is 1.49. The van der Waals surface area contributed by atoms with Crippen molar-refractivity contribution in [1.29, 1.82) is 5.26 Å². The molecule has 0 saturated heterocycles. The van der Waals surface area contributed by atoms with E-state index in [0.29, 0.717) is 27.1 Å². The molecule has 2 rings (SSSR count). The normalized spacial score (nSPS) is 9.71. The highest BCUT2D eigenvalue weighted by Crippen LogP contribution is 2.27. The first kappa shape index (κ1) is 11.7. The molecule has 0 aliphatic carbocycles. The Balaban J connectivity index is 2.25. The van der Waals surface area contributed by atoms with Crippen LogP contribution < -0.4 is 5.32 Å². The highest BCUT2D eigenvalue weighted by molar-refractivity contribution is 6.35. The third-order valence-electron chi connectivity index (χ3n) is 2.08. The summed E-state index contributed by atoms with van der Waals surface area (Å²) in [5, 5.41) is 12.8. The summed E-state index contributed by atoms with van der Waals surface area (Å²) in [6, 6.07) is 10.5. The van der Waals surface area contributed by atoms with Gasteiger partial charge in [-0.25, -0.2) is 4.98 Å². The minimum atomic E-state index is 0.507. The van der Waals surface area contributed by atoms with Crippen molar-refractivity contribution in [2.75, 3.05) is 5.32 Å². The van der Waals surface area contributed by atoms with Crippen LogP contribution in [0.2, 0.25) is 10.0 Å². The number of nitrogens with one attached hydrogen (secondary N) is 1. The van der Waals surface area contributed by atoms with Gasteiger partial charge >= 0.3 is 0 Å². The van der Waals surface area contributed by atoms with Gasteiger partial charge in [-0.05, 0) is 30.3 Å². The lowest BCUT2D eigenvalue weighted by molar-refractivity contribution is 1.29. The molecule has 0 fully saturated rings. The lowest BCUT2D eigenvalue weighted by Gasteiger charge is -2.07. The molecule has 0 atom stereocenters. The van der Waals surface area contributed by atoms with Gasteiger partial charge in [-0.2, -0.15) is 5.26 Å². The summed E-state index contributed by atoms with van der Waals surface area (Å²) >= 11 is 11.9. The first-order valence-corrected chi connectivity index (χ1v) is 5.53. The summed E-state index contributed by atoms with van der Waals surface area (Å²) in [5.74, 6) is 0.605. The standard InChI is InChI=1S/C12H7Cl2N3/c13-9-2-3-10(14)11(5-9)17-12-4-1-8(6-15)7-16-12/h1-5,7H,(H,16,17). The van der Waals surface area contributed by atoms with Gasteiger partial charge in [0.2, 0.25) is 0 Å². The Kier molecular flexibility index (Phi) is 3.48. The van der Waals surface area contributed by atoms with Gasteiger partial charge in [0, 0.05) is 11.2 Å². The van der Waals surface area contributed by atoms with Crippen LogP contribution in [-0.4, -0.2) is 4.98 Å². The summed E-state index contributed by atoms with van der Waals surface area (Å²) in [6.45, 7) is 0. The maximum atomic E-state index is 8.65. The number of aromatic nitrogens is 1. The Bertz CT molecular complexity index is 573. The number of halogens is 2. The van der Waals surface area contributed by atoms with E-state index in [1.807, 2.05) is 6.07 Å². The van der Waals surface area contributed by atoms with Gasteiger partial charge in [0.05, 0.1) is 16.3 Å². The summed E-state index contributed by atoms with van der Waals surface area (Å²) in [7, 11) is 0. The lowest BCUT2D eigenvalue weighted by atomic mass is 10.3. The zero-order valence-electron chi connectivity index (χ0n) is 8.61. The minimum absolute atomic E-state index is 0.507. The Labute approximate surface area is 109 Å². The molecule has 5 heteroatoms. The molecular weight excluding hydrogens is 257 g/mol. The van der Waals surface area contributed by atoms with Crippen molar-refractivity contribution >= 4 is 34.7 Å². The second-order valence-electron chi connectivity index (χ2n) is 3.29. The van der Waals surface area contributed by atoms with E-state index in [-0.39, 0.29) is 0 Å². The van der Waals surface area contributed by atoms with Crippen LogP contribution in [0.25, 0.3) is 0 Å². The Hall–Kier alpha value is -1.76. The van der Waals surface area contributed by atoms with Crippen LogP contribution in [0.4, 0.5) is 11.5 Å². The average Bonchev–Trinajstić information content (AvgIpc) is 2.35. The third-order valence-corrected chi connectivity index (χ3v) is 2.65. The molecule has 1 aromatic carbocycles. The smallest absolute Gasteiger partial charge is 0.130 e. The van der Waals surface area contributed by atoms with Crippen molar-refractivity contribution < 1.29 is 0 Å². The highest BCUT2D eigenvalue weighted by atomic mass is 35.5. The first-order chi connectivity index (χ1) is 8.19. The zero-order chi connectivity index (χ0) is 12.3. The van der Waals surface area contributed by atoms with Crippen molar-refractivity contribution in [2.24, 2.45) is 0 Å². The summed E-state index contributed by atoms with van der Waals surface area (Å²) in [4.78, 5) is 4.08. The predicted octanol–water partition coefficient (Wildman–Crippen LogP) is 4.00. The number of anilines is 2.